The molecular formula is C24H19N5. The molecule has 0 amide bonds. The van der Waals surface area contributed by atoms with Gasteiger partial charge in [0.25, 0.3) is 0 Å². The van der Waals surface area contributed by atoms with Crippen molar-refractivity contribution < 1.29 is 0 Å². The minimum Gasteiger partial charge on any atom is -0.363 e. The Morgan fingerprint density at radius 1 is 0.862 bits per heavy atom. The summed E-state index contributed by atoms with van der Waals surface area (Å²) in [5.74, 6) is 0.846. The lowest BCUT2D eigenvalue weighted by Gasteiger charge is -2.07. The summed E-state index contributed by atoms with van der Waals surface area (Å²) in [4.78, 5) is 12.7. The van der Waals surface area contributed by atoms with Crippen molar-refractivity contribution in [3.63, 3.8) is 0 Å². The molecule has 0 aliphatic carbocycles. The van der Waals surface area contributed by atoms with Crippen molar-refractivity contribution in [2.24, 2.45) is 7.05 Å². The van der Waals surface area contributed by atoms with Gasteiger partial charge in [0.1, 0.15) is 0 Å². The number of fused-ring (bicyclic) bond motifs is 6. The maximum absolute atomic E-state index is 4.68. The zero-order chi connectivity index (χ0) is 19.4. The van der Waals surface area contributed by atoms with Gasteiger partial charge in [-0.25, -0.2) is 4.98 Å². The minimum atomic E-state index is 0.612. The molecule has 140 valence electrons. The molecule has 6 aromatic rings. The van der Waals surface area contributed by atoms with Crippen LogP contribution in [0.4, 0.5) is 5.82 Å². The third-order valence-electron chi connectivity index (χ3n) is 5.72. The first-order valence-corrected chi connectivity index (χ1v) is 9.71. The molecule has 0 aliphatic rings. The topological polar surface area (TPSA) is 58.5 Å². The molecule has 0 atom stereocenters. The first kappa shape index (κ1) is 16.1. The maximum Gasteiger partial charge on any atom is 0.150 e. The molecule has 0 saturated carbocycles. The molecule has 0 spiro atoms. The van der Waals surface area contributed by atoms with E-state index in [1.807, 2.05) is 18.5 Å². The molecule has 2 N–H and O–H groups in total. The number of rotatable bonds is 3. The van der Waals surface area contributed by atoms with Crippen LogP contribution < -0.4 is 5.32 Å². The van der Waals surface area contributed by atoms with Gasteiger partial charge in [-0.05, 0) is 24.3 Å². The van der Waals surface area contributed by atoms with Crippen LogP contribution in [0.15, 0.2) is 73.1 Å². The Kier molecular flexibility index (Phi) is 3.38. The number of para-hydroxylation sites is 2. The number of aromatic nitrogens is 4. The van der Waals surface area contributed by atoms with E-state index in [9.17, 15) is 0 Å². The summed E-state index contributed by atoms with van der Waals surface area (Å²) in [6.07, 6.45) is 3.82. The number of aryl methyl sites for hydroxylation is 1. The molecular weight excluding hydrogens is 358 g/mol. The second-order valence-electron chi connectivity index (χ2n) is 7.38. The van der Waals surface area contributed by atoms with Crippen LogP contribution in [-0.2, 0) is 13.6 Å². The summed E-state index contributed by atoms with van der Waals surface area (Å²) in [6, 6.07) is 21.0. The van der Waals surface area contributed by atoms with Crippen molar-refractivity contribution in [3.05, 3.63) is 78.8 Å². The second-order valence-corrected chi connectivity index (χ2v) is 7.38. The van der Waals surface area contributed by atoms with E-state index in [0.717, 1.165) is 28.1 Å². The van der Waals surface area contributed by atoms with E-state index in [1.54, 1.807) is 0 Å². The van der Waals surface area contributed by atoms with E-state index in [-0.39, 0.29) is 0 Å². The van der Waals surface area contributed by atoms with E-state index in [0.29, 0.717) is 6.54 Å². The fourth-order valence-electron chi connectivity index (χ4n) is 4.28. The van der Waals surface area contributed by atoms with Gasteiger partial charge in [-0.15, -0.1) is 0 Å². The first-order chi connectivity index (χ1) is 14.3. The zero-order valence-corrected chi connectivity index (χ0v) is 16.0. The van der Waals surface area contributed by atoms with E-state index in [1.165, 1.54) is 27.1 Å². The number of pyridine rings is 2. The summed E-state index contributed by atoms with van der Waals surface area (Å²) >= 11 is 0. The Bertz CT molecular complexity index is 1520. The third kappa shape index (κ3) is 2.41. The highest BCUT2D eigenvalue weighted by Crippen LogP contribution is 2.30. The number of anilines is 1. The smallest absolute Gasteiger partial charge is 0.150 e. The molecule has 5 heteroatoms. The predicted molar refractivity (Wildman–Crippen MR) is 119 cm³/mol. The standard InChI is InChI=1S/C24H19N5/c1-29-21-9-5-3-7-17(21)19-12-15(26-14-22(19)29)13-27-24-23-18(10-11-25-24)16-6-2-4-8-20(16)28-23/h2-12,14,28H,13H2,1H3,(H,25,27). The van der Waals surface area contributed by atoms with Crippen LogP contribution in [-0.4, -0.2) is 19.5 Å². The van der Waals surface area contributed by atoms with Gasteiger partial charge in [0, 0.05) is 45.8 Å². The number of aromatic amines is 1. The van der Waals surface area contributed by atoms with E-state index in [2.05, 4.69) is 86.5 Å². The lowest BCUT2D eigenvalue weighted by atomic mass is 10.1. The van der Waals surface area contributed by atoms with Crippen LogP contribution in [0, 0.1) is 0 Å². The number of hydrogen-bond acceptors (Lipinski definition) is 3. The zero-order valence-electron chi connectivity index (χ0n) is 16.0. The van der Waals surface area contributed by atoms with Gasteiger partial charge in [0.05, 0.1) is 29.5 Å². The van der Waals surface area contributed by atoms with Gasteiger partial charge in [0.2, 0.25) is 0 Å². The Hall–Kier alpha value is -3.86. The average molecular weight is 377 g/mol. The number of H-pyrrole nitrogens is 1. The monoisotopic (exact) mass is 377 g/mol. The van der Waals surface area contributed by atoms with E-state index < -0.39 is 0 Å². The molecule has 29 heavy (non-hydrogen) atoms. The highest BCUT2D eigenvalue weighted by molar-refractivity contribution is 6.10. The quantitative estimate of drug-likeness (QED) is 0.436. The van der Waals surface area contributed by atoms with Gasteiger partial charge in [-0.3, -0.25) is 4.98 Å². The molecule has 0 fully saturated rings. The summed E-state index contributed by atoms with van der Waals surface area (Å²) < 4.78 is 2.20. The SMILES string of the molecule is Cn1c2ccccc2c2cc(CNc3nccc4c3[nH]c3ccccc34)ncc21. The Morgan fingerprint density at radius 2 is 1.69 bits per heavy atom. The highest BCUT2D eigenvalue weighted by Gasteiger charge is 2.11. The molecule has 0 unspecified atom stereocenters. The van der Waals surface area contributed by atoms with Crippen LogP contribution in [0.3, 0.4) is 0 Å². The fourth-order valence-corrected chi connectivity index (χ4v) is 4.28. The van der Waals surface area contributed by atoms with Gasteiger partial charge >= 0.3 is 0 Å². The molecule has 0 saturated heterocycles. The molecule has 0 bridgehead atoms. The maximum atomic E-state index is 4.68. The number of nitrogens with zero attached hydrogens (tertiary/aromatic N) is 3. The normalized spacial score (nSPS) is 11.8. The summed E-state index contributed by atoms with van der Waals surface area (Å²) in [5, 5.41) is 8.34. The highest BCUT2D eigenvalue weighted by atomic mass is 15.0. The van der Waals surface area contributed by atoms with Crippen LogP contribution in [0.5, 0.6) is 0 Å². The Balaban J connectivity index is 1.39. The summed E-state index contributed by atoms with van der Waals surface area (Å²) in [6.45, 7) is 0.612. The third-order valence-corrected chi connectivity index (χ3v) is 5.72. The molecule has 6 rings (SSSR count). The predicted octanol–water partition coefficient (Wildman–Crippen LogP) is 5.37. The van der Waals surface area contributed by atoms with Gasteiger partial charge in [0.15, 0.2) is 5.82 Å². The number of benzene rings is 2. The van der Waals surface area contributed by atoms with Crippen molar-refractivity contribution in [1.29, 1.82) is 0 Å². The van der Waals surface area contributed by atoms with Gasteiger partial charge in [-0.1, -0.05) is 36.4 Å². The first-order valence-electron chi connectivity index (χ1n) is 9.71. The van der Waals surface area contributed by atoms with Crippen molar-refractivity contribution >= 4 is 49.4 Å². The Labute approximate surface area is 167 Å². The van der Waals surface area contributed by atoms with Gasteiger partial charge < -0.3 is 14.9 Å². The number of hydrogen-bond donors (Lipinski definition) is 2. The summed E-state index contributed by atoms with van der Waals surface area (Å²) in [5.41, 5.74) is 5.50. The fraction of sp³-hybridized carbons (Fsp3) is 0.0833. The van der Waals surface area contributed by atoms with Crippen LogP contribution >= 0.6 is 0 Å². The van der Waals surface area contributed by atoms with Crippen molar-refractivity contribution in [1.82, 2.24) is 19.5 Å². The van der Waals surface area contributed by atoms with E-state index >= 15 is 0 Å². The van der Waals surface area contributed by atoms with E-state index in [4.69, 9.17) is 0 Å². The molecule has 5 nitrogen and oxygen atoms in total. The summed E-state index contributed by atoms with van der Waals surface area (Å²) in [7, 11) is 2.09. The molecule has 4 aromatic heterocycles. The molecule has 2 aromatic carbocycles. The number of nitrogens with one attached hydrogen (secondary N) is 2. The molecule has 4 heterocycles. The molecule has 0 aliphatic heterocycles. The lowest BCUT2D eigenvalue weighted by molar-refractivity contribution is 0.994. The Morgan fingerprint density at radius 3 is 2.62 bits per heavy atom. The largest absolute Gasteiger partial charge is 0.363 e. The average Bonchev–Trinajstić information content (AvgIpc) is 3.29. The van der Waals surface area contributed by atoms with Crippen LogP contribution in [0.2, 0.25) is 0 Å². The van der Waals surface area contributed by atoms with Crippen molar-refractivity contribution in [2.75, 3.05) is 5.32 Å². The van der Waals surface area contributed by atoms with Crippen molar-refractivity contribution in [3.8, 4) is 0 Å². The van der Waals surface area contributed by atoms with Crippen LogP contribution in [0.25, 0.3) is 43.6 Å². The van der Waals surface area contributed by atoms with Gasteiger partial charge in [-0.2, -0.15) is 0 Å². The minimum absolute atomic E-state index is 0.612. The second kappa shape index (κ2) is 6.07. The van der Waals surface area contributed by atoms with Crippen LogP contribution in [0.1, 0.15) is 5.69 Å². The molecule has 0 radical (unpaired) electrons. The van der Waals surface area contributed by atoms with Crippen molar-refractivity contribution in [2.45, 2.75) is 6.54 Å². The lowest BCUT2D eigenvalue weighted by Crippen LogP contribution is -2.03.